The van der Waals surface area contributed by atoms with Crippen LogP contribution in [-0.4, -0.2) is 4.57 Å². The Morgan fingerprint density at radius 2 is 1.40 bits per heavy atom. The number of aromatic nitrogens is 1. The zero-order chi connectivity index (χ0) is 40.2. The average molecular weight is 773 g/mol. The van der Waals surface area contributed by atoms with E-state index < -0.39 is 5.41 Å². The highest BCUT2D eigenvalue weighted by atomic mass is 16.5. The molecule has 3 nitrogen and oxygen atoms in total. The largest absolute Gasteiger partial charge is 0.461 e. The monoisotopic (exact) mass is 772 g/mol. The zero-order valence-electron chi connectivity index (χ0n) is 33.6. The van der Waals surface area contributed by atoms with Gasteiger partial charge in [0.2, 0.25) is 0 Å². The molecule has 7 aromatic carbocycles. The number of hydrogen-bond donors (Lipinski definition) is 0. The molecule has 2 aliphatic carbocycles. The molecule has 8 aromatic rings. The number of ether oxygens (including phenoxy) is 1. The van der Waals surface area contributed by atoms with Crippen molar-refractivity contribution >= 4 is 22.7 Å². The Morgan fingerprint density at radius 3 is 2.17 bits per heavy atom. The second-order valence-electron chi connectivity index (χ2n) is 16.1. The van der Waals surface area contributed by atoms with Gasteiger partial charge in [0, 0.05) is 57.8 Å². The number of rotatable bonds is 9. The lowest BCUT2D eigenvalue weighted by molar-refractivity contribution is 0.423. The Morgan fingerprint density at radius 1 is 0.717 bits per heavy atom. The Hall–Kier alpha value is -7.36. The first kappa shape index (κ1) is 35.8. The second-order valence-corrected chi connectivity index (χ2v) is 16.1. The van der Waals surface area contributed by atoms with Crippen LogP contribution in [-0.2, 0) is 12.0 Å². The maximum absolute atomic E-state index is 6.57. The molecular formula is C57H44N2O. The fourth-order valence-corrected chi connectivity index (χ4v) is 10.2. The third-order valence-corrected chi connectivity index (χ3v) is 12.9. The van der Waals surface area contributed by atoms with Gasteiger partial charge in [0.1, 0.15) is 11.5 Å². The van der Waals surface area contributed by atoms with Crippen molar-refractivity contribution in [1.29, 1.82) is 0 Å². The molecule has 0 amide bonds. The third kappa shape index (κ3) is 5.57. The fourth-order valence-electron chi connectivity index (χ4n) is 10.2. The number of fused-ring (bicyclic) bond motifs is 7. The van der Waals surface area contributed by atoms with E-state index in [0.29, 0.717) is 6.54 Å². The summed E-state index contributed by atoms with van der Waals surface area (Å²) in [4.78, 5) is 2.49. The van der Waals surface area contributed by atoms with Gasteiger partial charge in [0.15, 0.2) is 0 Å². The van der Waals surface area contributed by atoms with Crippen LogP contribution in [0.15, 0.2) is 218 Å². The summed E-state index contributed by atoms with van der Waals surface area (Å²) in [6.07, 6.45) is 11.6. The van der Waals surface area contributed by atoms with Crippen LogP contribution in [0.4, 0.5) is 5.69 Å². The lowest BCUT2D eigenvalue weighted by atomic mass is 9.67. The van der Waals surface area contributed by atoms with E-state index in [1.807, 2.05) is 12.2 Å². The first-order valence-electron chi connectivity index (χ1n) is 20.9. The van der Waals surface area contributed by atoms with Crippen molar-refractivity contribution < 1.29 is 4.74 Å². The molecule has 1 aliphatic heterocycles. The number of para-hydroxylation sites is 2. The van der Waals surface area contributed by atoms with Crippen molar-refractivity contribution in [2.75, 3.05) is 4.90 Å². The molecule has 1 atom stereocenters. The van der Waals surface area contributed by atoms with Crippen LogP contribution < -0.4 is 9.64 Å². The van der Waals surface area contributed by atoms with E-state index in [0.717, 1.165) is 35.0 Å². The van der Waals surface area contributed by atoms with E-state index in [2.05, 4.69) is 217 Å². The first-order chi connectivity index (χ1) is 29.6. The number of benzene rings is 7. The van der Waals surface area contributed by atoms with Crippen molar-refractivity contribution in [3.63, 3.8) is 0 Å². The van der Waals surface area contributed by atoms with Crippen LogP contribution in [0.5, 0.6) is 5.75 Å². The topological polar surface area (TPSA) is 17.4 Å². The smallest absolute Gasteiger partial charge is 0.130 e. The molecular weight excluding hydrogens is 729 g/mol. The molecule has 0 fully saturated rings. The summed E-state index contributed by atoms with van der Waals surface area (Å²) in [6, 6.07) is 64.4. The third-order valence-electron chi connectivity index (χ3n) is 12.9. The molecule has 0 N–H and O–H groups in total. The van der Waals surface area contributed by atoms with Gasteiger partial charge < -0.3 is 14.2 Å². The zero-order valence-corrected chi connectivity index (χ0v) is 33.6. The summed E-state index contributed by atoms with van der Waals surface area (Å²) in [5, 5.41) is 1.19. The molecule has 2 heterocycles. The van der Waals surface area contributed by atoms with E-state index >= 15 is 0 Å². The molecule has 3 aliphatic rings. The Labute approximate surface area is 352 Å². The highest BCUT2D eigenvalue weighted by molar-refractivity contribution is 5.95. The second kappa shape index (κ2) is 14.5. The van der Waals surface area contributed by atoms with Gasteiger partial charge in [-0.25, -0.2) is 0 Å². The highest BCUT2D eigenvalue weighted by Gasteiger charge is 2.46. The summed E-state index contributed by atoms with van der Waals surface area (Å²) >= 11 is 0. The van der Waals surface area contributed by atoms with Crippen molar-refractivity contribution in [2.45, 2.75) is 31.2 Å². The molecule has 3 heteroatoms. The van der Waals surface area contributed by atoms with Crippen LogP contribution >= 0.6 is 0 Å². The molecule has 0 bridgehead atoms. The van der Waals surface area contributed by atoms with Gasteiger partial charge in [-0.15, -0.1) is 0 Å². The Bertz CT molecular complexity index is 3000. The van der Waals surface area contributed by atoms with Gasteiger partial charge in [-0.3, -0.25) is 0 Å². The van der Waals surface area contributed by atoms with Gasteiger partial charge in [-0.1, -0.05) is 170 Å². The lowest BCUT2D eigenvalue weighted by Crippen LogP contribution is -2.29. The summed E-state index contributed by atoms with van der Waals surface area (Å²) in [5.41, 5.74) is 16.7. The van der Waals surface area contributed by atoms with E-state index in [1.165, 1.54) is 66.7 Å². The Balaban J connectivity index is 1.09. The maximum Gasteiger partial charge on any atom is 0.130 e. The summed E-state index contributed by atoms with van der Waals surface area (Å²) < 4.78 is 8.94. The van der Waals surface area contributed by atoms with Crippen LogP contribution in [0, 0.1) is 6.92 Å². The van der Waals surface area contributed by atoms with Gasteiger partial charge in [-0.05, 0) is 88.7 Å². The number of hydrogen-bond acceptors (Lipinski definition) is 2. The average Bonchev–Trinajstić information content (AvgIpc) is 3.92. The number of nitrogens with zero attached hydrogens (tertiary/aromatic N) is 2. The maximum atomic E-state index is 6.57. The van der Waals surface area contributed by atoms with Crippen molar-refractivity contribution in [3.05, 3.63) is 263 Å². The number of allylic oxidation sites excluding steroid dienone is 5. The Kier molecular flexibility index (Phi) is 8.63. The van der Waals surface area contributed by atoms with Gasteiger partial charge in [0.05, 0.1) is 10.9 Å². The van der Waals surface area contributed by atoms with Crippen molar-refractivity contribution in [1.82, 2.24) is 4.57 Å². The number of anilines is 1. The van der Waals surface area contributed by atoms with Gasteiger partial charge >= 0.3 is 0 Å². The normalized spacial score (nSPS) is 15.7. The van der Waals surface area contributed by atoms with Gasteiger partial charge in [-0.2, -0.15) is 0 Å². The molecule has 11 rings (SSSR count). The van der Waals surface area contributed by atoms with Gasteiger partial charge in [0.25, 0.3) is 0 Å². The predicted octanol–water partition coefficient (Wildman–Crippen LogP) is 13.9. The molecule has 288 valence electrons. The molecule has 60 heavy (non-hydrogen) atoms. The molecule has 0 saturated heterocycles. The van der Waals surface area contributed by atoms with Crippen molar-refractivity contribution in [3.8, 4) is 22.6 Å². The van der Waals surface area contributed by atoms with Crippen LogP contribution in [0.3, 0.4) is 0 Å². The summed E-state index contributed by atoms with van der Waals surface area (Å²) in [7, 11) is 0. The molecule has 0 radical (unpaired) electrons. The van der Waals surface area contributed by atoms with E-state index in [-0.39, 0.29) is 5.92 Å². The minimum atomic E-state index is -0.471. The van der Waals surface area contributed by atoms with Crippen LogP contribution in [0.2, 0.25) is 0 Å². The lowest BCUT2D eigenvalue weighted by Gasteiger charge is -2.34. The van der Waals surface area contributed by atoms with Crippen LogP contribution in [0.1, 0.15) is 57.0 Å². The molecule has 1 aromatic heterocycles. The van der Waals surface area contributed by atoms with E-state index in [1.54, 1.807) is 0 Å². The van der Waals surface area contributed by atoms with E-state index in [4.69, 9.17) is 4.74 Å². The molecule has 0 saturated carbocycles. The highest BCUT2D eigenvalue weighted by Crippen LogP contribution is 2.56. The molecule has 0 spiro atoms. The van der Waals surface area contributed by atoms with Crippen molar-refractivity contribution in [2.24, 2.45) is 0 Å². The quantitative estimate of drug-likeness (QED) is 0.136. The summed E-state index contributed by atoms with van der Waals surface area (Å²) in [5.74, 6) is 2.20. The van der Waals surface area contributed by atoms with E-state index in [9.17, 15) is 0 Å². The van der Waals surface area contributed by atoms with Crippen LogP contribution in [0.25, 0.3) is 33.8 Å². The fraction of sp³-hybridized carbons (Fsp3) is 0.0877. The minimum Gasteiger partial charge on any atom is -0.461 e. The molecule has 1 unspecified atom stereocenters. The minimum absolute atomic E-state index is 0.225. The SMILES string of the molecule is C=C/C=C\c1c(C)n(-c2ccccc2)c2ccc(N(Cc3ccc4c(c3)C(c3ccccc3)(c3ccccc3)c3ccccc3-4)C3=CCC4C(=C3)Oc3ccccc34)cc12. The summed E-state index contributed by atoms with van der Waals surface area (Å²) in [6.45, 7) is 6.88. The predicted molar refractivity (Wildman–Crippen MR) is 248 cm³/mol. The first-order valence-corrected chi connectivity index (χ1v) is 20.9. The standard InChI is InChI=1S/C57H44N2O/c1-3-4-24-46-39(2)59(43-22-12-7-13-23-43)54-34-31-44(36-51(46)54)58(45-30-33-50-49-26-15-17-28-55(49)60-56(50)37-45)38-40-29-32-48-47-25-14-16-27-52(47)57(53(48)35-40,41-18-8-5-9-19-41)42-20-10-6-11-21-42/h3-32,34-37,50H,1,33,38H2,2H3/b24-4-.